The van der Waals surface area contributed by atoms with E-state index < -0.39 is 0 Å². The Bertz CT molecular complexity index is 904. The molecule has 8 nitrogen and oxygen atoms in total. The number of anilines is 1. The summed E-state index contributed by atoms with van der Waals surface area (Å²) in [7, 11) is 0. The van der Waals surface area contributed by atoms with E-state index in [0.29, 0.717) is 19.1 Å². The van der Waals surface area contributed by atoms with E-state index >= 15 is 0 Å². The number of hydrogen-bond acceptors (Lipinski definition) is 7. The number of ether oxygens (including phenoxy) is 1. The number of nitrogens with zero attached hydrogens (tertiary/aromatic N) is 6. The monoisotopic (exact) mass is 436 g/mol. The van der Waals surface area contributed by atoms with Crippen LogP contribution >= 0.6 is 0 Å². The van der Waals surface area contributed by atoms with Crippen molar-refractivity contribution in [3.05, 3.63) is 30.5 Å². The molecule has 170 valence electrons. The van der Waals surface area contributed by atoms with Crippen molar-refractivity contribution in [3.8, 4) is 11.3 Å². The van der Waals surface area contributed by atoms with Gasteiger partial charge in [-0.3, -0.25) is 14.8 Å². The van der Waals surface area contributed by atoms with Gasteiger partial charge in [-0.25, -0.2) is 9.97 Å². The lowest BCUT2D eigenvalue weighted by molar-refractivity contribution is -0.137. The Labute approximate surface area is 189 Å². The summed E-state index contributed by atoms with van der Waals surface area (Å²) in [5.74, 6) is 1.65. The van der Waals surface area contributed by atoms with Crippen LogP contribution < -0.4 is 4.90 Å². The first-order valence-electron chi connectivity index (χ1n) is 12.0. The molecule has 1 saturated carbocycles. The molecule has 2 saturated heterocycles. The van der Waals surface area contributed by atoms with Crippen LogP contribution in [0.2, 0.25) is 0 Å². The molecule has 0 aromatic carbocycles. The summed E-state index contributed by atoms with van der Waals surface area (Å²) in [6, 6.07) is 0. The molecule has 0 atom stereocenters. The highest BCUT2D eigenvalue weighted by Gasteiger charge is 2.31. The van der Waals surface area contributed by atoms with E-state index in [0.717, 1.165) is 74.8 Å². The Kier molecular flexibility index (Phi) is 6.57. The molecule has 8 heteroatoms. The van der Waals surface area contributed by atoms with Crippen molar-refractivity contribution in [2.75, 3.05) is 44.3 Å². The molecule has 5 rings (SSSR count). The Morgan fingerprint density at radius 1 is 0.906 bits per heavy atom. The van der Waals surface area contributed by atoms with Crippen molar-refractivity contribution in [3.63, 3.8) is 0 Å². The van der Waals surface area contributed by atoms with Crippen molar-refractivity contribution in [1.82, 2.24) is 24.8 Å². The summed E-state index contributed by atoms with van der Waals surface area (Å²) >= 11 is 0. The van der Waals surface area contributed by atoms with Gasteiger partial charge in [0.05, 0.1) is 30.8 Å². The van der Waals surface area contributed by atoms with Crippen LogP contribution in [-0.2, 0) is 9.53 Å². The molecule has 4 heterocycles. The second-order valence-electron chi connectivity index (χ2n) is 9.09. The number of piperidine rings is 1. The minimum absolute atomic E-state index is 0.238. The van der Waals surface area contributed by atoms with E-state index in [1.54, 1.807) is 18.6 Å². The number of likely N-dealkylation sites (tertiary alicyclic amines) is 1. The average Bonchev–Trinajstić information content (AvgIpc) is 2.89. The van der Waals surface area contributed by atoms with Gasteiger partial charge >= 0.3 is 0 Å². The number of rotatable bonds is 4. The maximum atomic E-state index is 13.0. The Morgan fingerprint density at radius 3 is 2.41 bits per heavy atom. The highest BCUT2D eigenvalue weighted by atomic mass is 16.5. The summed E-state index contributed by atoms with van der Waals surface area (Å²) in [5.41, 5.74) is 2.79. The third-order valence-electron chi connectivity index (χ3n) is 7.09. The molecule has 2 aromatic heterocycles. The fourth-order valence-electron chi connectivity index (χ4n) is 5.23. The summed E-state index contributed by atoms with van der Waals surface area (Å²) in [5, 5.41) is 0. The fourth-order valence-corrected chi connectivity index (χ4v) is 5.23. The standard InChI is InChI=1S/C24H32N6O2/c31-23(19-4-2-1-3-5-19)29-10-6-18(7-11-29)22-20(21-17-25-8-9-26-21)16-27-24(28-22)30-12-14-32-15-13-30/h8-9,16-19H,1-7,10-15H2. The molecule has 3 aliphatic rings. The molecule has 0 radical (unpaired) electrons. The predicted molar refractivity (Wildman–Crippen MR) is 121 cm³/mol. The van der Waals surface area contributed by atoms with Crippen LogP contribution in [0.15, 0.2) is 24.8 Å². The number of carbonyl (C=O) groups is 1. The SMILES string of the molecule is O=C(C1CCCCC1)N1CCC(c2nc(N3CCOCC3)ncc2-c2cnccn2)CC1. The van der Waals surface area contributed by atoms with Gasteiger partial charge in [-0.15, -0.1) is 0 Å². The van der Waals surface area contributed by atoms with E-state index in [1.807, 2.05) is 6.20 Å². The second-order valence-corrected chi connectivity index (χ2v) is 9.09. The summed E-state index contributed by atoms with van der Waals surface area (Å²) in [6.45, 7) is 4.61. The smallest absolute Gasteiger partial charge is 0.225 e. The van der Waals surface area contributed by atoms with Crippen LogP contribution in [0.5, 0.6) is 0 Å². The van der Waals surface area contributed by atoms with Gasteiger partial charge in [-0.05, 0) is 25.7 Å². The first-order valence-corrected chi connectivity index (χ1v) is 12.0. The molecule has 0 spiro atoms. The zero-order valence-corrected chi connectivity index (χ0v) is 18.7. The molecule has 1 amide bonds. The van der Waals surface area contributed by atoms with Gasteiger partial charge in [0.25, 0.3) is 0 Å². The summed E-state index contributed by atoms with van der Waals surface area (Å²) < 4.78 is 5.49. The molecule has 2 aliphatic heterocycles. The van der Waals surface area contributed by atoms with Gasteiger partial charge < -0.3 is 14.5 Å². The van der Waals surface area contributed by atoms with Crippen LogP contribution in [0.4, 0.5) is 5.95 Å². The molecular formula is C24H32N6O2. The van der Waals surface area contributed by atoms with E-state index in [-0.39, 0.29) is 11.8 Å². The highest BCUT2D eigenvalue weighted by Crippen LogP contribution is 2.35. The third kappa shape index (κ3) is 4.60. The van der Waals surface area contributed by atoms with Crippen molar-refractivity contribution in [1.29, 1.82) is 0 Å². The lowest BCUT2D eigenvalue weighted by Crippen LogP contribution is -2.42. The van der Waals surface area contributed by atoms with Crippen molar-refractivity contribution in [2.45, 2.75) is 50.9 Å². The van der Waals surface area contributed by atoms with Crippen LogP contribution in [0.25, 0.3) is 11.3 Å². The van der Waals surface area contributed by atoms with Gasteiger partial charge in [0.15, 0.2) is 0 Å². The molecule has 3 fully saturated rings. The number of morpholine rings is 1. The minimum Gasteiger partial charge on any atom is -0.378 e. The minimum atomic E-state index is 0.238. The first-order chi connectivity index (χ1) is 15.8. The number of hydrogen-bond donors (Lipinski definition) is 0. The Morgan fingerprint density at radius 2 is 1.69 bits per heavy atom. The zero-order chi connectivity index (χ0) is 21.8. The average molecular weight is 437 g/mol. The fraction of sp³-hybridized carbons (Fsp3) is 0.625. The van der Waals surface area contributed by atoms with E-state index in [1.165, 1.54) is 19.3 Å². The maximum Gasteiger partial charge on any atom is 0.225 e. The van der Waals surface area contributed by atoms with Gasteiger partial charge in [-0.1, -0.05) is 19.3 Å². The summed E-state index contributed by atoms with van der Waals surface area (Å²) in [6.07, 6.45) is 14.7. The number of aromatic nitrogens is 4. The maximum absolute atomic E-state index is 13.0. The molecule has 1 aliphatic carbocycles. The largest absolute Gasteiger partial charge is 0.378 e. The Hall–Kier alpha value is -2.61. The zero-order valence-electron chi connectivity index (χ0n) is 18.7. The first kappa shape index (κ1) is 21.2. The van der Waals surface area contributed by atoms with Crippen LogP contribution in [0.1, 0.15) is 56.6 Å². The molecule has 2 aromatic rings. The van der Waals surface area contributed by atoms with Crippen LogP contribution in [-0.4, -0.2) is 70.1 Å². The highest BCUT2D eigenvalue weighted by molar-refractivity contribution is 5.79. The number of amides is 1. The van der Waals surface area contributed by atoms with E-state index in [9.17, 15) is 4.79 Å². The van der Waals surface area contributed by atoms with Crippen molar-refractivity contribution in [2.24, 2.45) is 5.92 Å². The predicted octanol–water partition coefficient (Wildman–Crippen LogP) is 3.06. The molecular weight excluding hydrogens is 404 g/mol. The Balaban J connectivity index is 1.36. The molecule has 0 bridgehead atoms. The van der Waals surface area contributed by atoms with E-state index in [4.69, 9.17) is 9.72 Å². The van der Waals surface area contributed by atoms with Crippen molar-refractivity contribution < 1.29 is 9.53 Å². The van der Waals surface area contributed by atoms with E-state index in [2.05, 4.69) is 24.8 Å². The normalized spacial score (nSPS) is 21.0. The lowest BCUT2D eigenvalue weighted by Gasteiger charge is -2.35. The van der Waals surface area contributed by atoms with Crippen LogP contribution in [0, 0.1) is 5.92 Å². The molecule has 0 unspecified atom stereocenters. The molecule has 0 N–H and O–H groups in total. The lowest BCUT2D eigenvalue weighted by atomic mass is 9.86. The van der Waals surface area contributed by atoms with Gasteiger partial charge in [0.2, 0.25) is 11.9 Å². The topological polar surface area (TPSA) is 84.3 Å². The third-order valence-corrected chi connectivity index (χ3v) is 7.09. The number of carbonyl (C=O) groups excluding carboxylic acids is 1. The van der Waals surface area contributed by atoms with Crippen LogP contribution in [0.3, 0.4) is 0 Å². The van der Waals surface area contributed by atoms with Gasteiger partial charge in [-0.2, -0.15) is 0 Å². The van der Waals surface area contributed by atoms with Gasteiger partial charge in [0, 0.05) is 62.2 Å². The van der Waals surface area contributed by atoms with Crippen molar-refractivity contribution >= 4 is 11.9 Å². The van der Waals surface area contributed by atoms with Gasteiger partial charge in [0.1, 0.15) is 0 Å². The summed E-state index contributed by atoms with van der Waals surface area (Å²) in [4.78, 5) is 35.8. The second kappa shape index (κ2) is 9.90. The quantitative estimate of drug-likeness (QED) is 0.728. The molecule has 32 heavy (non-hydrogen) atoms.